The summed E-state index contributed by atoms with van der Waals surface area (Å²) in [6.07, 6.45) is 1.03. The van der Waals surface area contributed by atoms with Crippen molar-refractivity contribution < 1.29 is 9.31 Å². The van der Waals surface area contributed by atoms with Gasteiger partial charge in [-0.15, -0.1) is 0 Å². The Morgan fingerprint density at radius 3 is 2.00 bits per heavy atom. The first kappa shape index (κ1) is 10.5. The lowest BCUT2D eigenvalue weighted by molar-refractivity contribution is 0.00578. The van der Waals surface area contributed by atoms with E-state index in [0.29, 0.717) is 0 Å². The second-order valence-electron chi connectivity index (χ2n) is 5.45. The van der Waals surface area contributed by atoms with Crippen LogP contribution in [0.5, 0.6) is 0 Å². The molecule has 4 heteroatoms. The minimum Gasteiger partial charge on any atom is -0.403 e. The van der Waals surface area contributed by atoms with E-state index in [1.165, 1.54) is 0 Å². The molecule has 2 saturated heterocycles. The van der Waals surface area contributed by atoms with Crippen LogP contribution in [0.15, 0.2) is 0 Å². The Labute approximate surface area is 86.7 Å². The fraction of sp³-hybridized carbons (Fsp3) is 1.00. The summed E-state index contributed by atoms with van der Waals surface area (Å²) < 4.78 is 11.8. The van der Waals surface area contributed by atoms with Gasteiger partial charge in [-0.1, -0.05) is 0 Å². The van der Waals surface area contributed by atoms with Gasteiger partial charge in [0.05, 0.1) is 11.2 Å². The minimum atomic E-state index is -0.172. The van der Waals surface area contributed by atoms with E-state index >= 15 is 0 Å². The molecule has 0 bridgehead atoms. The van der Waals surface area contributed by atoms with Gasteiger partial charge in [0.2, 0.25) is 0 Å². The number of nitrogens with one attached hydrogen (secondary N) is 1. The van der Waals surface area contributed by atoms with Crippen molar-refractivity contribution in [2.24, 2.45) is 5.92 Å². The third-order valence-electron chi connectivity index (χ3n) is 3.69. The van der Waals surface area contributed by atoms with Crippen LogP contribution >= 0.6 is 0 Å². The Balaban J connectivity index is 1.92. The third kappa shape index (κ3) is 1.71. The predicted octanol–water partition coefficient (Wildman–Crippen LogP) is 1.30. The van der Waals surface area contributed by atoms with Crippen LogP contribution in [0.3, 0.4) is 0 Å². The molecule has 2 fully saturated rings. The maximum absolute atomic E-state index is 5.92. The molecule has 2 aliphatic heterocycles. The molecule has 0 aromatic heterocycles. The second kappa shape index (κ2) is 3.22. The molecule has 0 atom stereocenters. The van der Waals surface area contributed by atoms with Crippen LogP contribution in [0.1, 0.15) is 27.7 Å². The van der Waals surface area contributed by atoms with Crippen LogP contribution in [0.25, 0.3) is 0 Å². The third-order valence-corrected chi connectivity index (χ3v) is 3.69. The lowest BCUT2D eigenvalue weighted by Crippen LogP contribution is -2.44. The van der Waals surface area contributed by atoms with E-state index in [-0.39, 0.29) is 18.3 Å². The molecule has 0 amide bonds. The zero-order chi connectivity index (χ0) is 10.4. The summed E-state index contributed by atoms with van der Waals surface area (Å²) >= 11 is 0. The topological polar surface area (TPSA) is 30.5 Å². The zero-order valence-corrected chi connectivity index (χ0v) is 9.59. The molecule has 0 aliphatic carbocycles. The lowest BCUT2D eigenvalue weighted by Gasteiger charge is -2.32. The van der Waals surface area contributed by atoms with Crippen molar-refractivity contribution in [3.05, 3.63) is 0 Å². The van der Waals surface area contributed by atoms with Gasteiger partial charge in [0.25, 0.3) is 0 Å². The Morgan fingerprint density at radius 1 is 1.14 bits per heavy atom. The van der Waals surface area contributed by atoms with Crippen molar-refractivity contribution in [3.8, 4) is 0 Å². The van der Waals surface area contributed by atoms with Gasteiger partial charge in [-0.05, 0) is 53.0 Å². The van der Waals surface area contributed by atoms with Gasteiger partial charge in [-0.3, -0.25) is 0 Å². The van der Waals surface area contributed by atoms with E-state index in [1.807, 2.05) is 0 Å². The summed E-state index contributed by atoms with van der Waals surface area (Å²) in [4.78, 5) is 0. The summed E-state index contributed by atoms with van der Waals surface area (Å²) in [6.45, 7) is 10.6. The van der Waals surface area contributed by atoms with Crippen LogP contribution in [-0.2, 0) is 9.31 Å². The van der Waals surface area contributed by atoms with Crippen molar-refractivity contribution in [3.63, 3.8) is 0 Å². The van der Waals surface area contributed by atoms with Gasteiger partial charge < -0.3 is 14.6 Å². The molecule has 2 rings (SSSR count). The monoisotopic (exact) mass is 197 g/mol. The maximum atomic E-state index is 5.92. The quantitative estimate of drug-likeness (QED) is 0.676. The maximum Gasteiger partial charge on any atom is 0.458 e. The molecule has 14 heavy (non-hydrogen) atoms. The van der Waals surface area contributed by atoms with E-state index < -0.39 is 0 Å². The fourth-order valence-corrected chi connectivity index (χ4v) is 1.85. The highest BCUT2D eigenvalue weighted by Crippen LogP contribution is 2.38. The highest BCUT2D eigenvalue weighted by Gasteiger charge is 2.51. The predicted molar refractivity (Wildman–Crippen MR) is 57.2 cm³/mol. The standard InChI is InChI=1S/C10H20BNO2/c1-9(2)10(3,4)14-11(13-9)5-8-6-12-7-8/h8,12H,5-7H2,1-4H3. The number of hydrogen-bond acceptors (Lipinski definition) is 3. The van der Waals surface area contributed by atoms with Crippen molar-refractivity contribution >= 4 is 7.12 Å². The number of rotatable bonds is 2. The van der Waals surface area contributed by atoms with E-state index in [0.717, 1.165) is 25.3 Å². The summed E-state index contributed by atoms with van der Waals surface area (Å²) in [5.74, 6) is 0.740. The molecular formula is C10H20BNO2. The molecule has 2 aliphatic rings. The zero-order valence-electron chi connectivity index (χ0n) is 9.59. The highest BCUT2D eigenvalue weighted by atomic mass is 16.7. The average Bonchev–Trinajstić information content (AvgIpc) is 2.13. The Bertz CT molecular complexity index is 210. The van der Waals surface area contributed by atoms with Crippen molar-refractivity contribution in [2.75, 3.05) is 13.1 Å². The second-order valence-corrected chi connectivity index (χ2v) is 5.45. The van der Waals surface area contributed by atoms with Gasteiger partial charge in [0.15, 0.2) is 0 Å². The Kier molecular flexibility index (Phi) is 2.41. The van der Waals surface area contributed by atoms with Crippen LogP contribution in [-0.4, -0.2) is 31.4 Å². The van der Waals surface area contributed by atoms with Crippen LogP contribution in [0, 0.1) is 5.92 Å². The van der Waals surface area contributed by atoms with Gasteiger partial charge in [0, 0.05) is 0 Å². The molecule has 3 nitrogen and oxygen atoms in total. The molecule has 0 radical (unpaired) electrons. The number of hydrogen-bond donors (Lipinski definition) is 1. The first-order valence-corrected chi connectivity index (χ1v) is 5.47. The molecular weight excluding hydrogens is 177 g/mol. The Morgan fingerprint density at radius 2 is 1.64 bits per heavy atom. The van der Waals surface area contributed by atoms with Gasteiger partial charge >= 0.3 is 7.12 Å². The first-order chi connectivity index (χ1) is 6.41. The molecule has 0 spiro atoms. The van der Waals surface area contributed by atoms with Gasteiger partial charge in [0.1, 0.15) is 0 Å². The highest BCUT2D eigenvalue weighted by molar-refractivity contribution is 6.45. The summed E-state index contributed by atoms with van der Waals surface area (Å²) in [5.41, 5.74) is -0.344. The lowest BCUT2D eigenvalue weighted by atomic mass is 9.75. The SMILES string of the molecule is CC1(C)OB(CC2CNC2)OC1(C)C. The fourth-order valence-electron chi connectivity index (χ4n) is 1.85. The smallest absolute Gasteiger partial charge is 0.403 e. The van der Waals surface area contributed by atoms with Crippen LogP contribution in [0.2, 0.25) is 6.32 Å². The van der Waals surface area contributed by atoms with Crippen LogP contribution < -0.4 is 5.32 Å². The molecule has 0 unspecified atom stereocenters. The molecule has 80 valence electrons. The molecule has 0 aromatic rings. The first-order valence-electron chi connectivity index (χ1n) is 5.47. The van der Waals surface area contributed by atoms with Crippen LogP contribution in [0.4, 0.5) is 0 Å². The average molecular weight is 197 g/mol. The summed E-state index contributed by atoms with van der Waals surface area (Å²) in [5, 5.41) is 3.27. The van der Waals surface area contributed by atoms with Gasteiger partial charge in [-0.25, -0.2) is 0 Å². The summed E-state index contributed by atoms with van der Waals surface area (Å²) in [7, 11) is -0.00731. The van der Waals surface area contributed by atoms with Crippen molar-refractivity contribution in [1.82, 2.24) is 5.32 Å². The minimum absolute atomic E-state index is 0.00731. The molecule has 1 N–H and O–H groups in total. The molecule has 0 aromatic carbocycles. The molecule has 0 saturated carbocycles. The normalized spacial score (nSPS) is 30.4. The van der Waals surface area contributed by atoms with E-state index in [1.54, 1.807) is 0 Å². The summed E-state index contributed by atoms with van der Waals surface area (Å²) in [6, 6.07) is 0. The van der Waals surface area contributed by atoms with E-state index in [4.69, 9.17) is 9.31 Å². The van der Waals surface area contributed by atoms with Crippen molar-refractivity contribution in [2.45, 2.75) is 45.2 Å². The van der Waals surface area contributed by atoms with E-state index in [2.05, 4.69) is 33.0 Å². The Hall–Kier alpha value is -0.0551. The van der Waals surface area contributed by atoms with E-state index in [9.17, 15) is 0 Å². The molecule has 2 heterocycles. The van der Waals surface area contributed by atoms with Gasteiger partial charge in [-0.2, -0.15) is 0 Å². The largest absolute Gasteiger partial charge is 0.458 e. The van der Waals surface area contributed by atoms with Crippen molar-refractivity contribution in [1.29, 1.82) is 0 Å².